The monoisotopic (exact) mass is 341 g/mol. The van der Waals surface area contributed by atoms with E-state index in [0.29, 0.717) is 11.5 Å². The zero-order valence-electron chi connectivity index (χ0n) is 14.6. The van der Waals surface area contributed by atoms with E-state index in [4.69, 9.17) is 4.42 Å². The number of thiophene rings is 1. The summed E-state index contributed by atoms with van der Waals surface area (Å²) in [5.41, 5.74) is 5.21. The van der Waals surface area contributed by atoms with Gasteiger partial charge in [-0.25, -0.2) is 4.79 Å². The summed E-state index contributed by atoms with van der Waals surface area (Å²) in [6.07, 6.45) is 0. The quantitative estimate of drug-likeness (QED) is 0.618. The summed E-state index contributed by atoms with van der Waals surface area (Å²) >= 11 is 1.71. The lowest BCUT2D eigenvalue weighted by Crippen LogP contribution is -2.18. The first-order valence-corrected chi connectivity index (χ1v) is 9.15. The van der Waals surface area contributed by atoms with Gasteiger partial charge in [0.05, 0.1) is 0 Å². The van der Waals surface area contributed by atoms with Crippen LogP contribution in [0.5, 0.6) is 0 Å². The van der Waals surface area contributed by atoms with Gasteiger partial charge in [0.2, 0.25) is 0 Å². The van der Waals surface area contributed by atoms with Crippen LogP contribution in [-0.2, 0) is 13.1 Å². The van der Waals surface area contributed by atoms with Gasteiger partial charge in [0.1, 0.15) is 5.58 Å². The lowest BCUT2D eigenvalue weighted by molar-refractivity contribution is 0.320. The summed E-state index contributed by atoms with van der Waals surface area (Å²) in [5, 5.41) is 5.29. The predicted molar refractivity (Wildman–Crippen MR) is 101 cm³/mol. The van der Waals surface area contributed by atoms with Gasteiger partial charge in [0.25, 0.3) is 0 Å². The predicted octanol–water partition coefficient (Wildman–Crippen LogP) is 4.92. The Balaban J connectivity index is 1.99. The summed E-state index contributed by atoms with van der Waals surface area (Å²) < 4.78 is 5.43. The molecule has 0 unspecified atom stereocenters. The summed E-state index contributed by atoms with van der Waals surface area (Å²) in [6.45, 7) is 8.04. The molecule has 3 rings (SSSR count). The molecule has 1 aromatic carbocycles. The zero-order chi connectivity index (χ0) is 17.3. The lowest BCUT2D eigenvalue weighted by Gasteiger charge is -2.18. The van der Waals surface area contributed by atoms with Crippen LogP contribution in [0.2, 0.25) is 0 Å². The van der Waals surface area contributed by atoms with E-state index >= 15 is 0 Å². The fourth-order valence-corrected chi connectivity index (χ4v) is 3.85. The molecule has 4 heteroatoms. The van der Waals surface area contributed by atoms with Crippen LogP contribution in [0.1, 0.15) is 42.0 Å². The molecule has 0 aliphatic carbocycles. The molecule has 3 aromatic rings. The third-order valence-electron chi connectivity index (χ3n) is 4.31. The number of fused-ring (bicyclic) bond motifs is 1. The number of benzene rings is 1. The molecule has 0 fully saturated rings. The van der Waals surface area contributed by atoms with Gasteiger partial charge in [-0.15, -0.1) is 0 Å². The normalized spacial score (nSPS) is 11.8. The maximum absolute atomic E-state index is 11.9. The molecule has 0 atom stereocenters. The van der Waals surface area contributed by atoms with Crippen molar-refractivity contribution in [3.05, 3.63) is 67.7 Å². The van der Waals surface area contributed by atoms with Crippen LogP contribution in [0, 0.1) is 6.92 Å². The SMILES string of the molecule is Cc1cc2oc(=O)cc(CN(C)Cc3ccsc3)c2cc1C(C)C. The van der Waals surface area contributed by atoms with Gasteiger partial charge in [0.15, 0.2) is 0 Å². The zero-order valence-corrected chi connectivity index (χ0v) is 15.4. The average molecular weight is 341 g/mol. The average Bonchev–Trinajstić information content (AvgIpc) is 2.98. The van der Waals surface area contributed by atoms with Gasteiger partial charge in [-0.1, -0.05) is 13.8 Å². The second-order valence-corrected chi connectivity index (χ2v) is 7.53. The van der Waals surface area contributed by atoms with Crippen molar-refractivity contribution in [1.82, 2.24) is 4.90 Å². The van der Waals surface area contributed by atoms with E-state index in [9.17, 15) is 4.79 Å². The Kier molecular flexibility index (Phi) is 4.88. The summed E-state index contributed by atoms with van der Waals surface area (Å²) in [6, 6.07) is 7.95. The standard InChI is InChI=1S/C20H23NO2S/c1-13(2)17-9-18-16(8-20(22)23-19(18)7-14(17)3)11-21(4)10-15-5-6-24-12-15/h5-9,12-13H,10-11H2,1-4H3. The van der Waals surface area contributed by atoms with E-state index in [1.54, 1.807) is 17.4 Å². The van der Waals surface area contributed by atoms with E-state index in [2.05, 4.69) is 55.6 Å². The van der Waals surface area contributed by atoms with Crippen LogP contribution in [0.4, 0.5) is 0 Å². The molecule has 2 aromatic heterocycles. The van der Waals surface area contributed by atoms with E-state index in [1.165, 1.54) is 16.7 Å². The number of hydrogen-bond donors (Lipinski definition) is 0. The second-order valence-electron chi connectivity index (χ2n) is 6.75. The largest absolute Gasteiger partial charge is 0.423 e. The van der Waals surface area contributed by atoms with Gasteiger partial charge in [-0.05, 0) is 71.1 Å². The molecule has 2 heterocycles. The highest BCUT2D eigenvalue weighted by Gasteiger charge is 2.13. The topological polar surface area (TPSA) is 33.5 Å². The lowest BCUT2D eigenvalue weighted by atomic mass is 9.95. The fourth-order valence-electron chi connectivity index (χ4n) is 3.19. The van der Waals surface area contributed by atoms with Crippen molar-refractivity contribution in [2.24, 2.45) is 0 Å². The Labute approximate surface area is 146 Å². The van der Waals surface area contributed by atoms with Gasteiger partial charge in [-0.2, -0.15) is 11.3 Å². The molecule has 0 aliphatic heterocycles. The van der Waals surface area contributed by atoms with Crippen LogP contribution < -0.4 is 5.63 Å². The molecule has 0 bridgehead atoms. The van der Waals surface area contributed by atoms with Crippen molar-refractivity contribution in [2.45, 2.75) is 39.8 Å². The van der Waals surface area contributed by atoms with E-state index < -0.39 is 0 Å². The minimum Gasteiger partial charge on any atom is -0.423 e. The molecule has 0 spiro atoms. The highest BCUT2D eigenvalue weighted by molar-refractivity contribution is 7.07. The number of aryl methyl sites for hydroxylation is 1. The van der Waals surface area contributed by atoms with Crippen molar-refractivity contribution < 1.29 is 4.42 Å². The molecule has 0 saturated carbocycles. The van der Waals surface area contributed by atoms with Crippen molar-refractivity contribution in [3.8, 4) is 0 Å². The maximum Gasteiger partial charge on any atom is 0.336 e. The van der Waals surface area contributed by atoms with Gasteiger partial charge in [-0.3, -0.25) is 4.90 Å². The van der Waals surface area contributed by atoms with Crippen LogP contribution in [0.25, 0.3) is 11.0 Å². The molecular weight excluding hydrogens is 318 g/mol. The van der Waals surface area contributed by atoms with E-state index in [1.807, 2.05) is 6.07 Å². The first-order valence-electron chi connectivity index (χ1n) is 8.21. The van der Waals surface area contributed by atoms with E-state index in [-0.39, 0.29) is 5.63 Å². The molecule has 0 aliphatic rings. The van der Waals surface area contributed by atoms with Crippen LogP contribution in [-0.4, -0.2) is 11.9 Å². The first-order chi connectivity index (χ1) is 11.4. The van der Waals surface area contributed by atoms with Crippen LogP contribution in [0.15, 0.2) is 44.2 Å². The van der Waals surface area contributed by atoms with Crippen LogP contribution in [0.3, 0.4) is 0 Å². The van der Waals surface area contributed by atoms with Gasteiger partial charge < -0.3 is 4.42 Å². The minimum atomic E-state index is -0.280. The third kappa shape index (κ3) is 3.60. The molecular formula is C20H23NO2S. The van der Waals surface area contributed by atoms with Crippen molar-refractivity contribution in [1.29, 1.82) is 0 Å². The van der Waals surface area contributed by atoms with Crippen molar-refractivity contribution in [3.63, 3.8) is 0 Å². The molecule has 3 nitrogen and oxygen atoms in total. The Morgan fingerprint density at radius 2 is 2.00 bits per heavy atom. The molecule has 0 radical (unpaired) electrons. The van der Waals surface area contributed by atoms with E-state index in [0.717, 1.165) is 24.0 Å². The van der Waals surface area contributed by atoms with Crippen molar-refractivity contribution >= 4 is 22.3 Å². The third-order valence-corrected chi connectivity index (χ3v) is 5.04. The first kappa shape index (κ1) is 16.9. The molecule has 0 saturated heterocycles. The van der Waals surface area contributed by atoms with Gasteiger partial charge >= 0.3 is 5.63 Å². The van der Waals surface area contributed by atoms with Gasteiger partial charge in [0, 0.05) is 24.5 Å². The molecule has 0 N–H and O–H groups in total. The Morgan fingerprint density at radius 3 is 2.67 bits per heavy atom. The Hall–Kier alpha value is -1.91. The molecule has 24 heavy (non-hydrogen) atoms. The highest BCUT2D eigenvalue weighted by atomic mass is 32.1. The Morgan fingerprint density at radius 1 is 1.21 bits per heavy atom. The maximum atomic E-state index is 11.9. The molecule has 126 valence electrons. The summed E-state index contributed by atoms with van der Waals surface area (Å²) in [4.78, 5) is 14.2. The summed E-state index contributed by atoms with van der Waals surface area (Å²) in [7, 11) is 2.08. The number of hydrogen-bond acceptors (Lipinski definition) is 4. The smallest absolute Gasteiger partial charge is 0.336 e. The molecule has 0 amide bonds. The van der Waals surface area contributed by atoms with Crippen molar-refractivity contribution in [2.75, 3.05) is 7.05 Å². The number of nitrogens with zero attached hydrogens (tertiary/aromatic N) is 1. The number of rotatable bonds is 5. The highest BCUT2D eigenvalue weighted by Crippen LogP contribution is 2.27. The minimum absolute atomic E-state index is 0.280. The van der Waals surface area contributed by atoms with Crippen LogP contribution >= 0.6 is 11.3 Å². The summed E-state index contributed by atoms with van der Waals surface area (Å²) in [5.74, 6) is 0.442. The second kappa shape index (κ2) is 6.91. The fraction of sp³-hybridized carbons (Fsp3) is 0.350. The Bertz CT molecular complexity index is 894.